The quantitative estimate of drug-likeness (QED) is 0.854. The molecule has 0 aromatic carbocycles. The van der Waals surface area contributed by atoms with E-state index >= 15 is 0 Å². The van der Waals surface area contributed by atoms with Gasteiger partial charge in [0, 0.05) is 0 Å². The van der Waals surface area contributed by atoms with E-state index in [1.165, 1.54) is 11.3 Å². The van der Waals surface area contributed by atoms with Crippen molar-refractivity contribution in [2.45, 2.75) is 13.0 Å². The summed E-state index contributed by atoms with van der Waals surface area (Å²) in [7, 11) is 0. The van der Waals surface area contributed by atoms with Gasteiger partial charge in [-0.2, -0.15) is 11.3 Å². The molecule has 0 saturated carbocycles. The molecule has 2 aromatic rings. The zero-order chi connectivity index (χ0) is 13.7. The fraction of sp³-hybridized carbons (Fsp3) is 0.214. The van der Waals surface area contributed by atoms with Crippen LogP contribution in [0, 0.1) is 11.8 Å². The molecule has 1 amide bonds. The number of hydrogen-bond donors (Lipinski definition) is 2. The summed E-state index contributed by atoms with van der Waals surface area (Å²) in [5.41, 5.74) is 6.44. The molecular formula is C14H14N2OS2. The number of carbonyl (C=O) groups is 1. The first kappa shape index (κ1) is 13.8. The molecule has 5 heteroatoms. The molecule has 0 saturated heterocycles. The summed E-state index contributed by atoms with van der Waals surface area (Å²) in [6, 6.07) is 5.67. The van der Waals surface area contributed by atoms with E-state index in [0.29, 0.717) is 11.4 Å². The molecule has 1 atom stereocenters. The topological polar surface area (TPSA) is 55.1 Å². The van der Waals surface area contributed by atoms with E-state index < -0.39 is 0 Å². The Hall–Kier alpha value is -1.61. The van der Waals surface area contributed by atoms with Crippen LogP contribution in [-0.2, 0) is 0 Å². The number of hydrogen-bond acceptors (Lipinski definition) is 4. The lowest BCUT2D eigenvalue weighted by Gasteiger charge is -2.11. The lowest BCUT2D eigenvalue weighted by Crippen LogP contribution is -2.25. The third-order valence-electron chi connectivity index (χ3n) is 2.53. The van der Waals surface area contributed by atoms with Crippen molar-refractivity contribution in [3.63, 3.8) is 0 Å². The predicted octanol–water partition coefficient (Wildman–Crippen LogP) is 2.61. The minimum atomic E-state index is -0.0653. The predicted molar refractivity (Wildman–Crippen MR) is 80.5 cm³/mol. The summed E-state index contributed by atoms with van der Waals surface area (Å²) in [4.78, 5) is 13.6. The van der Waals surface area contributed by atoms with Crippen LogP contribution in [0.15, 0.2) is 29.0 Å². The number of amides is 1. The first-order chi connectivity index (χ1) is 9.20. The SMILES string of the molecule is CC(NC(=O)c1ccc(C#CCN)s1)c1ccsc1. The Labute approximate surface area is 120 Å². The van der Waals surface area contributed by atoms with Crippen LogP contribution in [0.25, 0.3) is 0 Å². The molecule has 0 aliphatic rings. The largest absolute Gasteiger partial charge is 0.345 e. The van der Waals surface area contributed by atoms with Crippen molar-refractivity contribution in [3.05, 3.63) is 44.3 Å². The molecule has 0 radical (unpaired) electrons. The molecule has 0 aliphatic carbocycles. The van der Waals surface area contributed by atoms with Gasteiger partial charge in [0.05, 0.1) is 22.3 Å². The molecule has 2 rings (SSSR count). The number of nitrogens with one attached hydrogen (secondary N) is 1. The second-order valence-electron chi connectivity index (χ2n) is 3.92. The summed E-state index contributed by atoms with van der Waals surface area (Å²) >= 11 is 3.01. The van der Waals surface area contributed by atoms with Crippen LogP contribution in [0.4, 0.5) is 0 Å². The molecule has 98 valence electrons. The van der Waals surface area contributed by atoms with Crippen molar-refractivity contribution in [3.8, 4) is 11.8 Å². The zero-order valence-electron chi connectivity index (χ0n) is 10.5. The highest BCUT2D eigenvalue weighted by Crippen LogP contribution is 2.19. The van der Waals surface area contributed by atoms with Gasteiger partial charge in [-0.1, -0.05) is 11.8 Å². The van der Waals surface area contributed by atoms with Gasteiger partial charge < -0.3 is 11.1 Å². The van der Waals surface area contributed by atoms with E-state index in [1.807, 2.05) is 29.8 Å². The van der Waals surface area contributed by atoms with Gasteiger partial charge in [-0.25, -0.2) is 0 Å². The van der Waals surface area contributed by atoms with Crippen LogP contribution < -0.4 is 11.1 Å². The maximum Gasteiger partial charge on any atom is 0.261 e. The van der Waals surface area contributed by atoms with Crippen molar-refractivity contribution in [2.24, 2.45) is 5.73 Å². The molecule has 0 spiro atoms. The summed E-state index contributed by atoms with van der Waals surface area (Å²) < 4.78 is 0. The zero-order valence-corrected chi connectivity index (χ0v) is 12.1. The van der Waals surface area contributed by atoms with Gasteiger partial charge in [0.2, 0.25) is 0 Å². The van der Waals surface area contributed by atoms with Crippen LogP contribution in [0.1, 0.15) is 33.1 Å². The minimum Gasteiger partial charge on any atom is -0.345 e. The standard InChI is InChI=1S/C14H14N2OS2/c1-10(11-6-8-18-9-11)16-14(17)13-5-4-12(19-13)3-2-7-15/h4-6,8-10H,7,15H2,1H3,(H,16,17). The third-order valence-corrected chi connectivity index (χ3v) is 4.24. The van der Waals surface area contributed by atoms with Crippen molar-refractivity contribution in [2.75, 3.05) is 6.54 Å². The molecule has 0 fully saturated rings. The lowest BCUT2D eigenvalue weighted by atomic mass is 10.2. The van der Waals surface area contributed by atoms with Crippen LogP contribution >= 0.6 is 22.7 Å². The molecule has 1 unspecified atom stereocenters. The molecule has 0 bridgehead atoms. The Balaban J connectivity index is 2.02. The number of carbonyl (C=O) groups excluding carboxylic acids is 1. The van der Waals surface area contributed by atoms with Crippen LogP contribution in [0.5, 0.6) is 0 Å². The fourth-order valence-corrected chi connectivity index (χ4v) is 3.08. The second kappa shape index (κ2) is 6.53. The van der Waals surface area contributed by atoms with Gasteiger partial charge in [0.25, 0.3) is 5.91 Å². The van der Waals surface area contributed by atoms with Crippen molar-refractivity contribution in [1.82, 2.24) is 5.32 Å². The van der Waals surface area contributed by atoms with Crippen LogP contribution in [-0.4, -0.2) is 12.5 Å². The first-order valence-electron chi connectivity index (χ1n) is 5.82. The van der Waals surface area contributed by atoms with Gasteiger partial charge in [-0.3, -0.25) is 4.79 Å². The maximum atomic E-state index is 12.1. The molecule has 3 N–H and O–H groups in total. The Kier molecular flexibility index (Phi) is 4.74. The Bertz CT molecular complexity index is 605. The van der Waals surface area contributed by atoms with E-state index in [0.717, 1.165) is 10.4 Å². The van der Waals surface area contributed by atoms with E-state index in [-0.39, 0.29) is 11.9 Å². The molecule has 2 heterocycles. The number of rotatable bonds is 3. The highest BCUT2D eigenvalue weighted by atomic mass is 32.1. The van der Waals surface area contributed by atoms with Gasteiger partial charge in [0.1, 0.15) is 0 Å². The van der Waals surface area contributed by atoms with E-state index in [1.54, 1.807) is 17.4 Å². The fourth-order valence-electron chi connectivity index (χ4n) is 1.54. The highest BCUT2D eigenvalue weighted by Gasteiger charge is 2.13. The Morgan fingerprint density at radius 2 is 2.32 bits per heavy atom. The molecule has 2 aromatic heterocycles. The number of thiophene rings is 2. The lowest BCUT2D eigenvalue weighted by molar-refractivity contribution is 0.0944. The summed E-state index contributed by atoms with van der Waals surface area (Å²) in [5, 5.41) is 7.02. The number of nitrogens with two attached hydrogens (primary N) is 1. The van der Waals surface area contributed by atoms with Crippen molar-refractivity contribution in [1.29, 1.82) is 0 Å². The monoisotopic (exact) mass is 290 g/mol. The van der Waals surface area contributed by atoms with E-state index in [9.17, 15) is 4.79 Å². The van der Waals surface area contributed by atoms with Gasteiger partial charge in [-0.15, -0.1) is 11.3 Å². The Morgan fingerprint density at radius 1 is 1.47 bits per heavy atom. The van der Waals surface area contributed by atoms with E-state index in [2.05, 4.69) is 17.2 Å². The minimum absolute atomic E-state index is 0.0134. The smallest absolute Gasteiger partial charge is 0.261 e. The molecular weight excluding hydrogens is 276 g/mol. The normalized spacial score (nSPS) is 11.5. The summed E-state index contributed by atoms with van der Waals surface area (Å²) in [6.07, 6.45) is 0. The van der Waals surface area contributed by atoms with Crippen LogP contribution in [0.3, 0.4) is 0 Å². The van der Waals surface area contributed by atoms with Crippen molar-refractivity contribution < 1.29 is 4.79 Å². The third kappa shape index (κ3) is 3.67. The summed E-state index contributed by atoms with van der Waals surface area (Å²) in [5.74, 6) is 5.64. The highest BCUT2D eigenvalue weighted by molar-refractivity contribution is 7.14. The average molecular weight is 290 g/mol. The molecule has 3 nitrogen and oxygen atoms in total. The van der Waals surface area contributed by atoms with Crippen LogP contribution in [0.2, 0.25) is 0 Å². The van der Waals surface area contributed by atoms with Crippen molar-refractivity contribution >= 4 is 28.6 Å². The molecule has 19 heavy (non-hydrogen) atoms. The van der Waals surface area contributed by atoms with Gasteiger partial charge >= 0.3 is 0 Å². The first-order valence-corrected chi connectivity index (χ1v) is 7.58. The maximum absolute atomic E-state index is 12.1. The van der Waals surface area contributed by atoms with Gasteiger partial charge in [-0.05, 0) is 41.4 Å². The summed E-state index contributed by atoms with van der Waals surface area (Å²) in [6.45, 7) is 2.30. The van der Waals surface area contributed by atoms with Gasteiger partial charge in [0.15, 0.2) is 0 Å². The Morgan fingerprint density at radius 3 is 3.00 bits per heavy atom. The average Bonchev–Trinajstić information content (AvgIpc) is 3.07. The second-order valence-corrected chi connectivity index (χ2v) is 5.79. The van der Waals surface area contributed by atoms with E-state index in [4.69, 9.17) is 5.73 Å². The molecule has 0 aliphatic heterocycles.